The molecule has 3 aliphatic rings. The first-order chi connectivity index (χ1) is 44.3. The quantitative estimate of drug-likeness (QED) is 0.0146. The molecule has 0 bridgehead atoms. The standard InChI is InChI=1S/C63H84F2IN11O15/c1-3-48-36-63(64,65)40-77(48)57(82)37-69-60(86)50-18-22-67-52-17-16-49(34-51(50)52)92-33-5-4-8-46-19-23-76(24-20-46)62(88)54(35-59(85)89-2)71-61(87)53(10-7-21-68-55(80)11-6-9-45-12-14-47(66)15-13-45)70-56(81)38-72-25-26-73(39-58(83)84)28-30-75(42-91-44-79)32-31-74(29-27-72)41-90-43-78/h1,12-18,22,34,43-44,46,48,53-54H,4-11,19-21,23-33,35-42H2,2H3,(H,68,80)(H,69,86)(H,70,81)(H,71,87)(H,83,84)/t48-,53-,54-/m0/s1. The number of hydrogen-bond donors (Lipinski definition) is 5. The maximum atomic E-state index is 14.5. The number of carbonyl (C=O) groups is 10. The van der Waals surface area contributed by atoms with Gasteiger partial charge in [0.25, 0.3) is 24.8 Å². The first kappa shape index (κ1) is 73.4. The molecule has 3 fully saturated rings. The minimum absolute atomic E-state index is 0.0257. The molecule has 502 valence electrons. The van der Waals surface area contributed by atoms with Gasteiger partial charge in [-0.3, -0.25) is 72.5 Å². The van der Waals surface area contributed by atoms with E-state index in [4.69, 9.17) is 25.4 Å². The van der Waals surface area contributed by atoms with Gasteiger partial charge in [-0.2, -0.15) is 0 Å². The number of carboxylic acids is 1. The molecule has 0 unspecified atom stereocenters. The Morgan fingerprint density at radius 2 is 1.45 bits per heavy atom. The number of alkyl halides is 2. The van der Waals surface area contributed by atoms with Crippen LogP contribution in [0.25, 0.3) is 10.9 Å². The fourth-order valence-corrected chi connectivity index (χ4v) is 11.5. The van der Waals surface area contributed by atoms with Crippen LogP contribution in [0.2, 0.25) is 0 Å². The van der Waals surface area contributed by atoms with Gasteiger partial charge in [0.05, 0.1) is 63.4 Å². The molecule has 92 heavy (non-hydrogen) atoms. The van der Waals surface area contributed by atoms with Gasteiger partial charge < -0.3 is 55.1 Å². The number of piperidine rings is 1. The zero-order chi connectivity index (χ0) is 66.4. The third-order valence-corrected chi connectivity index (χ3v) is 17.0. The Morgan fingerprint density at radius 3 is 2.08 bits per heavy atom. The van der Waals surface area contributed by atoms with E-state index < -0.39 is 91.5 Å². The maximum Gasteiger partial charge on any atom is 0.317 e. The summed E-state index contributed by atoms with van der Waals surface area (Å²) in [6.45, 7) is 2.09. The second kappa shape index (κ2) is 38.4. The lowest BCUT2D eigenvalue weighted by molar-refractivity contribution is -0.146. The predicted octanol–water partition coefficient (Wildman–Crippen LogP) is 2.25. The molecule has 0 radical (unpaired) electrons. The van der Waals surface area contributed by atoms with Crippen LogP contribution in [-0.2, 0) is 63.8 Å². The summed E-state index contributed by atoms with van der Waals surface area (Å²) in [7, 11) is 1.17. The molecule has 26 nitrogen and oxygen atoms in total. The lowest BCUT2D eigenvalue weighted by Crippen LogP contribution is -2.57. The molecule has 6 rings (SSSR count). The smallest absolute Gasteiger partial charge is 0.317 e. The molecule has 29 heteroatoms. The minimum Gasteiger partial charge on any atom is -0.494 e. The van der Waals surface area contributed by atoms with E-state index in [0.29, 0.717) is 108 Å². The average Bonchev–Trinajstić information content (AvgIpc) is 1.16. The van der Waals surface area contributed by atoms with Gasteiger partial charge in [-0.15, -0.1) is 6.42 Å². The van der Waals surface area contributed by atoms with Crippen molar-refractivity contribution in [2.75, 3.05) is 125 Å². The highest BCUT2D eigenvalue weighted by Gasteiger charge is 2.46. The Hall–Kier alpha value is -7.66. The van der Waals surface area contributed by atoms with E-state index in [9.17, 15) is 61.8 Å². The number of nitrogens with one attached hydrogen (secondary N) is 4. The molecule has 3 atom stereocenters. The van der Waals surface area contributed by atoms with Crippen molar-refractivity contribution in [2.24, 2.45) is 5.92 Å². The third kappa shape index (κ3) is 25.1. The van der Waals surface area contributed by atoms with E-state index in [1.807, 2.05) is 34.1 Å². The van der Waals surface area contributed by atoms with Crippen molar-refractivity contribution < 1.29 is 80.8 Å². The fraction of sp³-hybridized carbons (Fsp3) is 0.571. The number of aliphatic carboxylic acids is 1. The van der Waals surface area contributed by atoms with Gasteiger partial charge in [-0.05, 0) is 122 Å². The number of amides is 6. The summed E-state index contributed by atoms with van der Waals surface area (Å²) in [6.07, 6.45) is 11.1. The number of hydrogen-bond acceptors (Lipinski definition) is 19. The fourth-order valence-electron chi connectivity index (χ4n) is 11.2. The Balaban J connectivity index is 1.04. The Morgan fingerprint density at radius 1 is 0.793 bits per heavy atom. The monoisotopic (exact) mass is 1400 g/mol. The van der Waals surface area contributed by atoms with Crippen LogP contribution in [0.3, 0.4) is 0 Å². The van der Waals surface area contributed by atoms with Crippen LogP contribution in [0.1, 0.15) is 86.6 Å². The van der Waals surface area contributed by atoms with Crippen molar-refractivity contribution in [3.05, 3.63) is 69.4 Å². The van der Waals surface area contributed by atoms with Crippen molar-refractivity contribution in [1.29, 1.82) is 0 Å². The summed E-state index contributed by atoms with van der Waals surface area (Å²) in [5.74, 6) is -5.31. The molecule has 0 spiro atoms. The van der Waals surface area contributed by atoms with Crippen LogP contribution < -0.4 is 26.0 Å². The second-order valence-corrected chi connectivity index (χ2v) is 24.2. The van der Waals surface area contributed by atoms with Gasteiger partial charge in [-0.25, -0.2) is 8.78 Å². The second-order valence-electron chi connectivity index (χ2n) is 23.0. The van der Waals surface area contributed by atoms with Gasteiger partial charge >= 0.3 is 11.9 Å². The molecule has 2 aromatic carbocycles. The number of unbranched alkanes of at least 4 members (excludes halogenated alkanes) is 1. The van der Waals surface area contributed by atoms with Crippen LogP contribution in [0.4, 0.5) is 8.78 Å². The van der Waals surface area contributed by atoms with Gasteiger partial charge in [-0.1, -0.05) is 24.5 Å². The van der Waals surface area contributed by atoms with Crippen LogP contribution >= 0.6 is 22.6 Å². The summed E-state index contributed by atoms with van der Waals surface area (Å²) in [6, 6.07) is 11.0. The van der Waals surface area contributed by atoms with Crippen LogP contribution in [0, 0.1) is 21.8 Å². The van der Waals surface area contributed by atoms with Crippen molar-refractivity contribution in [2.45, 2.75) is 101 Å². The number of methoxy groups -OCH3 is 1. The van der Waals surface area contributed by atoms with Gasteiger partial charge in [0, 0.05) is 100.0 Å². The number of fused-ring (bicyclic) bond motifs is 1. The van der Waals surface area contributed by atoms with Gasteiger partial charge in [0.1, 0.15) is 31.3 Å². The molecule has 4 heterocycles. The average molecular weight is 1400 g/mol. The van der Waals surface area contributed by atoms with Crippen LogP contribution in [0.15, 0.2) is 54.7 Å². The molecule has 3 aromatic rings. The Bertz CT molecular complexity index is 3010. The lowest BCUT2D eigenvalue weighted by atomic mass is 9.91. The van der Waals surface area contributed by atoms with E-state index in [1.165, 1.54) is 19.4 Å². The number of terminal acetylenes is 1. The first-order valence-electron chi connectivity index (χ1n) is 30.9. The topological polar surface area (TPSA) is 308 Å². The molecule has 0 saturated carbocycles. The number of aryl methyl sites for hydroxylation is 1. The molecule has 3 aliphatic heterocycles. The summed E-state index contributed by atoms with van der Waals surface area (Å²) in [5.41, 5.74) is 1.81. The summed E-state index contributed by atoms with van der Waals surface area (Å²) < 4.78 is 50.2. The number of benzene rings is 2. The molecule has 3 saturated heterocycles. The van der Waals surface area contributed by atoms with Crippen LogP contribution in [0.5, 0.6) is 5.75 Å². The SMILES string of the molecule is C#C[C@H]1CC(F)(F)CN1C(=O)CNC(=O)c1ccnc2ccc(OCCCCC3CCN(C(=O)[C@H](CC(=O)OC)NC(=O)[C@H](CCCNC(=O)CCCc4ccc(I)cc4)NC(=O)CN4CCN(COC=O)CCN(COC=O)CCN(CC(=O)O)CC4)CC3)cc12. The number of pyridine rings is 1. The molecule has 1 aromatic heterocycles. The number of nitrogens with zero attached hydrogens (tertiary/aromatic N) is 7. The van der Waals surface area contributed by atoms with E-state index in [1.54, 1.807) is 32.9 Å². The highest BCUT2D eigenvalue weighted by Crippen LogP contribution is 2.32. The number of esters is 1. The zero-order valence-corrected chi connectivity index (χ0v) is 54.0. The van der Waals surface area contributed by atoms with Crippen molar-refractivity contribution in [1.82, 2.24) is 55.7 Å². The molecule has 6 amide bonds. The third-order valence-electron chi connectivity index (χ3n) is 16.3. The van der Waals surface area contributed by atoms with Crippen LogP contribution in [-0.4, -0.2) is 249 Å². The molecule has 0 aliphatic carbocycles. The Kier molecular flexibility index (Phi) is 30.6. The number of likely N-dealkylation sites (tertiary alicyclic amines) is 2. The molecular weight excluding hydrogens is 1320 g/mol. The predicted molar refractivity (Wildman–Crippen MR) is 339 cm³/mol. The Labute approximate surface area is 547 Å². The zero-order valence-electron chi connectivity index (χ0n) is 51.9. The first-order valence-corrected chi connectivity index (χ1v) is 32.0. The van der Waals surface area contributed by atoms with Crippen molar-refractivity contribution in [3.63, 3.8) is 0 Å². The van der Waals surface area contributed by atoms with E-state index >= 15 is 0 Å². The number of halogens is 3. The van der Waals surface area contributed by atoms with E-state index in [2.05, 4.69) is 54.8 Å². The highest BCUT2D eigenvalue weighted by atomic mass is 127. The number of carbonyl (C=O) groups excluding carboxylic acids is 9. The largest absolute Gasteiger partial charge is 0.494 e. The molecule has 5 N–H and O–H groups in total. The number of ether oxygens (including phenoxy) is 4. The minimum atomic E-state index is -3.12. The number of aromatic nitrogens is 1. The maximum absolute atomic E-state index is 14.5. The van der Waals surface area contributed by atoms with E-state index in [-0.39, 0.29) is 95.9 Å². The number of carboxylic acid groups (broad SMARTS) is 1. The van der Waals surface area contributed by atoms with E-state index in [0.717, 1.165) is 26.9 Å². The summed E-state index contributed by atoms with van der Waals surface area (Å²) in [5, 5.41) is 21.2. The van der Waals surface area contributed by atoms with Crippen molar-refractivity contribution >= 4 is 93.8 Å². The lowest BCUT2D eigenvalue weighted by Gasteiger charge is -2.35. The number of rotatable bonds is 33. The van der Waals surface area contributed by atoms with Crippen molar-refractivity contribution in [3.8, 4) is 18.1 Å². The summed E-state index contributed by atoms with van der Waals surface area (Å²) >= 11 is 2.23. The van der Waals surface area contributed by atoms with Gasteiger partial charge in [0.15, 0.2) is 0 Å². The molecular formula is C63H84F2IN11O15. The van der Waals surface area contributed by atoms with Gasteiger partial charge in [0.2, 0.25) is 29.5 Å². The summed E-state index contributed by atoms with van der Waals surface area (Å²) in [4.78, 5) is 143. The normalized spacial score (nSPS) is 17.8. The highest BCUT2D eigenvalue weighted by molar-refractivity contribution is 14.1.